The molecule has 0 bridgehead atoms. The lowest BCUT2D eigenvalue weighted by Crippen LogP contribution is -2.26. The van der Waals surface area contributed by atoms with Gasteiger partial charge in [-0.2, -0.15) is 5.10 Å². The Bertz CT molecular complexity index is 641. The van der Waals surface area contributed by atoms with Crippen molar-refractivity contribution >= 4 is 26.0 Å². The van der Waals surface area contributed by atoms with Crippen LogP contribution in [0.1, 0.15) is 12.0 Å². The lowest BCUT2D eigenvalue weighted by Gasteiger charge is -2.07. The molecule has 108 valence electrons. The van der Waals surface area contributed by atoms with Crippen LogP contribution in [0.4, 0.5) is 0 Å². The van der Waals surface area contributed by atoms with Crippen molar-refractivity contribution in [2.24, 2.45) is 0 Å². The summed E-state index contributed by atoms with van der Waals surface area (Å²) < 4.78 is 29.0. The molecule has 0 amide bonds. The molecule has 7 heteroatoms. The number of nitrogens with zero attached hydrogens (tertiary/aromatic N) is 2. The summed E-state index contributed by atoms with van der Waals surface area (Å²) in [6.07, 6.45) is 4.26. The first kappa shape index (κ1) is 15.2. The third-order valence-electron chi connectivity index (χ3n) is 2.69. The molecule has 5 nitrogen and oxygen atoms in total. The second-order valence-corrected chi connectivity index (χ2v) is 7.14. The van der Waals surface area contributed by atoms with Gasteiger partial charge >= 0.3 is 0 Å². The average molecular weight is 358 g/mol. The molecule has 0 aliphatic carbocycles. The summed E-state index contributed by atoms with van der Waals surface area (Å²) in [6, 6.07) is 9.15. The van der Waals surface area contributed by atoms with E-state index in [4.69, 9.17) is 0 Å². The molecule has 20 heavy (non-hydrogen) atoms. The molecule has 0 saturated heterocycles. The minimum Gasteiger partial charge on any atom is -0.272 e. The highest BCUT2D eigenvalue weighted by Gasteiger charge is 2.10. The van der Waals surface area contributed by atoms with E-state index in [-0.39, 0.29) is 5.75 Å². The second kappa shape index (κ2) is 7.01. The van der Waals surface area contributed by atoms with Crippen LogP contribution in [0, 0.1) is 0 Å². The van der Waals surface area contributed by atoms with Gasteiger partial charge in [-0.15, -0.1) is 0 Å². The highest BCUT2D eigenvalue weighted by Crippen LogP contribution is 2.07. The van der Waals surface area contributed by atoms with Gasteiger partial charge in [0.1, 0.15) is 0 Å². The number of hydrogen-bond acceptors (Lipinski definition) is 3. The van der Waals surface area contributed by atoms with E-state index < -0.39 is 10.0 Å². The van der Waals surface area contributed by atoms with Gasteiger partial charge in [0.15, 0.2) is 0 Å². The summed E-state index contributed by atoms with van der Waals surface area (Å²) in [7, 11) is -3.27. The maximum absolute atomic E-state index is 11.9. The number of nitrogens with one attached hydrogen (secondary N) is 1. The average Bonchev–Trinajstić information content (AvgIpc) is 2.81. The van der Waals surface area contributed by atoms with Crippen LogP contribution in [0.15, 0.2) is 47.2 Å². The third kappa shape index (κ3) is 5.07. The van der Waals surface area contributed by atoms with Crippen molar-refractivity contribution in [2.75, 3.05) is 6.54 Å². The van der Waals surface area contributed by atoms with E-state index >= 15 is 0 Å². The summed E-state index contributed by atoms with van der Waals surface area (Å²) >= 11 is 3.32. The Morgan fingerprint density at radius 3 is 2.65 bits per heavy atom. The summed E-state index contributed by atoms with van der Waals surface area (Å²) in [5.41, 5.74) is 0.788. The molecule has 2 rings (SSSR count). The van der Waals surface area contributed by atoms with Crippen molar-refractivity contribution in [1.82, 2.24) is 14.5 Å². The molecule has 0 fully saturated rings. The largest absolute Gasteiger partial charge is 0.272 e. The van der Waals surface area contributed by atoms with Crippen molar-refractivity contribution in [1.29, 1.82) is 0 Å². The number of aromatic nitrogens is 2. The fourth-order valence-electron chi connectivity index (χ4n) is 1.77. The SMILES string of the molecule is O=S(=O)(Cc1ccccc1)NCCCn1cc(Br)cn1. The van der Waals surface area contributed by atoms with Crippen LogP contribution < -0.4 is 4.72 Å². The van der Waals surface area contributed by atoms with Crippen molar-refractivity contribution in [3.8, 4) is 0 Å². The molecule has 0 saturated carbocycles. The van der Waals surface area contributed by atoms with Crippen LogP contribution in [-0.4, -0.2) is 24.7 Å². The topological polar surface area (TPSA) is 64.0 Å². The summed E-state index contributed by atoms with van der Waals surface area (Å²) in [5, 5.41) is 4.11. The first-order valence-electron chi connectivity index (χ1n) is 6.24. The summed E-state index contributed by atoms with van der Waals surface area (Å²) in [4.78, 5) is 0. The van der Waals surface area contributed by atoms with E-state index in [0.29, 0.717) is 19.5 Å². The van der Waals surface area contributed by atoms with Gasteiger partial charge in [-0.1, -0.05) is 30.3 Å². The predicted molar refractivity (Wildman–Crippen MR) is 81.6 cm³/mol. The maximum Gasteiger partial charge on any atom is 0.215 e. The predicted octanol–water partition coefficient (Wildman–Crippen LogP) is 2.16. The highest BCUT2D eigenvalue weighted by molar-refractivity contribution is 9.10. The summed E-state index contributed by atoms with van der Waals surface area (Å²) in [6.45, 7) is 1.09. The molecule has 0 aliphatic rings. The molecular formula is C13H16BrN3O2S. The van der Waals surface area contributed by atoms with Crippen LogP contribution in [0.2, 0.25) is 0 Å². The Hall–Kier alpha value is -1.18. The number of benzene rings is 1. The highest BCUT2D eigenvalue weighted by atomic mass is 79.9. The van der Waals surface area contributed by atoms with Crippen LogP contribution in [0.25, 0.3) is 0 Å². The molecule has 0 spiro atoms. The fraction of sp³-hybridized carbons (Fsp3) is 0.308. The lowest BCUT2D eigenvalue weighted by atomic mass is 10.2. The van der Waals surface area contributed by atoms with Crippen LogP contribution in [0.3, 0.4) is 0 Å². The van der Waals surface area contributed by atoms with Crippen molar-refractivity contribution in [3.05, 3.63) is 52.8 Å². The second-order valence-electron chi connectivity index (χ2n) is 4.41. The lowest BCUT2D eigenvalue weighted by molar-refractivity contribution is 0.552. The molecule has 0 aliphatic heterocycles. The Kier molecular flexibility index (Phi) is 5.33. The monoisotopic (exact) mass is 357 g/mol. The van der Waals surface area contributed by atoms with Crippen molar-refractivity contribution < 1.29 is 8.42 Å². The van der Waals surface area contributed by atoms with Gasteiger partial charge in [-0.05, 0) is 27.9 Å². The van der Waals surface area contributed by atoms with Gasteiger partial charge < -0.3 is 0 Å². The van der Waals surface area contributed by atoms with Crippen LogP contribution >= 0.6 is 15.9 Å². The molecule has 2 aromatic rings. The molecule has 0 atom stereocenters. The van der Waals surface area contributed by atoms with Crippen molar-refractivity contribution in [3.63, 3.8) is 0 Å². The first-order valence-corrected chi connectivity index (χ1v) is 8.69. The Labute approximate surface area is 127 Å². The number of sulfonamides is 1. The molecule has 1 heterocycles. The Morgan fingerprint density at radius 2 is 2.00 bits per heavy atom. The van der Waals surface area contributed by atoms with E-state index in [1.165, 1.54) is 0 Å². The molecule has 0 radical (unpaired) electrons. The van der Waals surface area contributed by atoms with E-state index in [0.717, 1.165) is 10.0 Å². The van der Waals surface area contributed by atoms with Gasteiger partial charge in [0.25, 0.3) is 0 Å². The van der Waals surface area contributed by atoms with Gasteiger partial charge in [0.2, 0.25) is 10.0 Å². The van der Waals surface area contributed by atoms with E-state index in [2.05, 4.69) is 25.8 Å². The number of halogens is 1. The van der Waals surface area contributed by atoms with E-state index in [1.54, 1.807) is 23.0 Å². The van der Waals surface area contributed by atoms with E-state index in [1.807, 2.05) is 24.4 Å². The number of hydrogen-bond donors (Lipinski definition) is 1. The summed E-state index contributed by atoms with van der Waals surface area (Å²) in [5.74, 6) is 0.0150. The number of rotatable bonds is 7. The van der Waals surface area contributed by atoms with Crippen molar-refractivity contribution in [2.45, 2.75) is 18.7 Å². The number of aryl methyl sites for hydroxylation is 1. The molecular weight excluding hydrogens is 342 g/mol. The van der Waals surface area contributed by atoms with Gasteiger partial charge in [0.05, 0.1) is 16.4 Å². The maximum atomic E-state index is 11.9. The molecule has 1 aromatic heterocycles. The zero-order valence-corrected chi connectivity index (χ0v) is 13.3. The quantitative estimate of drug-likeness (QED) is 0.772. The minimum atomic E-state index is -3.27. The fourth-order valence-corrected chi connectivity index (χ4v) is 3.29. The standard InChI is InChI=1S/C13H16BrN3O2S/c14-13-9-15-17(10-13)8-4-7-16-20(18,19)11-12-5-2-1-3-6-12/h1-3,5-6,9-10,16H,4,7-8,11H2. The Morgan fingerprint density at radius 1 is 1.25 bits per heavy atom. The van der Waals surface area contributed by atoms with Gasteiger partial charge in [0, 0.05) is 19.3 Å². The van der Waals surface area contributed by atoms with Crippen LogP contribution in [-0.2, 0) is 22.3 Å². The molecule has 1 N–H and O–H groups in total. The third-order valence-corrected chi connectivity index (χ3v) is 4.45. The molecule has 0 unspecified atom stereocenters. The zero-order chi connectivity index (χ0) is 14.4. The van der Waals surface area contributed by atoms with Gasteiger partial charge in [-0.3, -0.25) is 4.68 Å². The first-order chi connectivity index (χ1) is 9.55. The Balaban J connectivity index is 1.75. The van der Waals surface area contributed by atoms with Crippen LogP contribution in [0.5, 0.6) is 0 Å². The smallest absolute Gasteiger partial charge is 0.215 e. The minimum absolute atomic E-state index is 0.0150. The normalized spacial score (nSPS) is 11.7. The van der Waals surface area contributed by atoms with E-state index in [9.17, 15) is 8.42 Å². The molecule has 1 aromatic carbocycles. The van der Waals surface area contributed by atoms with Gasteiger partial charge in [-0.25, -0.2) is 13.1 Å². The zero-order valence-electron chi connectivity index (χ0n) is 10.9.